The third-order valence-electron chi connectivity index (χ3n) is 2.18. The van der Waals surface area contributed by atoms with Crippen molar-refractivity contribution in [1.29, 1.82) is 0 Å². The van der Waals surface area contributed by atoms with Crippen molar-refractivity contribution in [3.63, 3.8) is 0 Å². The van der Waals surface area contributed by atoms with Gasteiger partial charge in [0.25, 0.3) is 0 Å². The van der Waals surface area contributed by atoms with E-state index in [-0.39, 0.29) is 11.3 Å². The van der Waals surface area contributed by atoms with Gasteiger partial charge in [0, 0.05) is 6.54 Å². The number of nitrogens with two attached hydrogens (primary N) is 1. The number of hydrogen-bond acceptors (Lipinski definition) is 3. The highest BCUT2D eigenvalue weighted by atomic mass is 16.3. The number of aliphatic hydroxyl groups excluding tert-OH is 1. The molecular formula is C10H22N2O2. The van der Waals surface area contributed by atoms with E-state index in [0.717, 1.165) is 0 Å². The van der Waals surface area contributed by atoms with Gasteiger partial charge in [0.05, 0.1) is 12.1 Å². The summed E-state index contributed by atoms with van der Waals surface area (Å²) in [5, 5.41) is 12.3. The number of rotatable bonds is 5. The van der Waals surface area contributed by atoms with Crippen molar-refractivity contribution < 1.29 is 9.90 Å². The van der Waals surface area contributed by atoms with Crippen LogP contribution in [-0.4, -0.2) is 29.7 Å². The second-order valence-corrected chi connectivity index (χ2v) is 4.67. The van der Waals surface area contributed by atoms with Crippen LogP contribution in [0.25, 0.3) is 0 Å². The molecule has 2 atom stereocenters. The highest BCUT2D eigenvalue weighted by Crippen LogP contribution is 2.18. The number of amides is 1. The van der Waals surface area contributed by atoms with Gasteiger partial charge in [-0.1, -0.05) is 27.7 Å². The summed E-state index contributed by atoms with van der Waals surface area (Å²) in [4.78, 5) is 11.1. The lowest BCUT2D eigenvalue weighted by Gasteiger charge is -2.29. The summed E-state index contributed by atoms with van der Waals surface area (Å²) in [5.74, 6) is -0.374. The first-order chi connectivity index (χ1) is 6.29. The standard InChI is InChI=1S/C10H22N2O2/c1-5-7(13)6-12-8(9(11)14)10(2,3)4/h7-8,12-13H,5-6H2,1-4H3,(H2,11,14)/t7-,8-/m1/s1. The number of aliphatic hydroxyl groups is 1. The topological polar surface area (TPSA) is 75.3 Å². The van der Waals surface area contributed by atoms with Crippen LogP contribution in [0.5, 0.6) is 0 Å². The van der Waals surface area contributed by atoms with E-state index in [1.807, 2.05) is 27.7 Å². The molecule has 84 valence electrons. The zero-order valence-corrected chi connectivity index (χ0v) is 9.50. The number of hydrogen-bond donors (Lipinski definition) is 3. The third-order valence-corrected chi connectivity index (χ3v) is 2.18. The number of nitrogens with one attached hydrogen (secondary N) is 1. The largest absolute Gasteiger partial charge is 0.392 e. The van der Waals surface area contributed by atoms with Crippen molar-refractivity contribution in [1.82, 2.24) is 5.32 Å². The molecule has 4 nitrogen and oxygen atoms in total. The molecule has 0 aromatic carbocycles. The third kappa shape index (κ3) is 4.58. The highest BCUT2D eigenvalue weighted by Gasteiger charge is 2.29. The molecule has 0 saturated heterocycles. The van der Waals surface area contributed by atoms with Gasteiger partial charge in [0.1, 0.15) is 0 Å². The van der Waals surface area contributed by atoms with Gasteiger partial charge in [-0.05, 0) is 11.8 Å². The molecule has 4 N–H and O–H groups in total. The van der Waals surface area contributed by atoms with Gasteiger partial charge in [0.2, 0.25) is 5.91 Å². The minimum Gasteiger partial charge on any atom is -0.392 e. The first-order valence-corrected chi connectivity index (χ1v) is 4.99. The molecule has 0 aliphatic carbocycles. The Hall–Kier alpha value is -0.610. The monoisotopic (exact) mass is 202 g/mol. The Morgan fingerprint density at radius 1 is 1.50 bits per heavy atom. The number of carbonyl (C=O) groups excluding carboxylic acids is 1. The molecule has 0 heterocycles. The zero-order valence-electron chi connectivity index (χ0n) is 9.50. The van der Waals surface area contributed by atoms with E-state index in [9.17, 15) is 9.90 Å². The van der Waals surface area contributed by atoms with Gasteiger partial charge in [-0.25, -0.2) is 0 Å². The lowest BCUT2D eigenvalue weighted by atomic mass is 9.86. The Kier molecular flexibility index (Phi) is 5.08. The van der Waals surface area contributed by atoms with Crippen molar-refractivity contribution in [2.45, 2.75) is 46.3 Å². The van der Waals surface area contributed by atoms with Gasteiger partial charge in [-0.15, -0.1) is 0 Å². The average Bonchev–Trinajstić information content (AvgIpc) is 2.01. The maximum absolute atomic E-state index is 11.1. The fraction of sp³-hybridized carbons (Fsp3) is 0.900. The molecule has 0 aliphatic rings. The molecule has 14 heavy (non-hydrogen) atoms. The summed E-state index contributed by atoms with van der Waals surface area (Å²) >= 11 is 0. The molecule has 0 spiro atoms. The van der Waals surface area contributed by atoms with E-state index >= 15 is 0 Å². The summed E-state index contributed by atoms with van der Waals surface area (Å²) in [7, 11) is 0. The van der Waals surface area contributed by atoms with Crippen LogP contribution >= 0.6 is 0 Å². The van der Waals surface area contributed by atoms with Gasteiger partial charge in [-0.2, -0.15) is 0 Å². The van der Waals surface area contributed by atoms with E-state index in [1.165, 1.54) is 0 Å². The molecule has 0 bridgehead atoms. The van der Waals surface area contributed by atoms with Crippen LogP contribution in [0.1, 0.15) is 34.1 Å². The van der Waals surface area contributed by atoms with Crippen LogP contribution in [-0.2, 0) is 4.79 Å². The van der Waals surface area contributed by atoms with Crippen molar-refractivity contribution in [3.8, 4) is 0 Å². The molecule has 0 aromatic heterocycles. The van der Waals surface area contributed by atoms with E-state index in [4.69, 9.17) is 5.73 Å². The Morgan fingerprint density at radius 2 is 2.00 bits per heavy atom. The van der Waals surface area contributed by atoms with Crippen LogP contribution in [0.4, 0.5) is 0 Å². The number of carbonyl (C=O) groups is 1. The Morgan fingerprint density at radius 3 is 2.29 bits per heavy atom. The second-order valence-electron chi connectivity index (χ2n) is 4.67. The molecule has 0 radical (unpaired) electrons. The normalized spacial score (nSPS) is 16.4. The molecule has 0 saturated carbocycles. The van der Waals surface area contributed by atoms with E-state index < -0.39 is 12.1 Å². The fourth-order valence-corrected chi connectivity index (χ4v) is 1.23. The van der Waals surface area contributed by atoms with Crippen molar-refractivity contribution in [2.75, 3.05) is 6.54 Å². The van der Waals surface area contributed by atoms with Crippen LogP contribution in [0.3, 0.4) is 0 Å². The van der Waals surface area contributed by atoms with Crippen molar-refractivity contribution >= 4 is 5.91 Å². The molecule has 0 aliphatic heterocycles. The van der Waals surface area contributed by atoms with E-state index in [1.54, 1.807) is 0 Å². The lowest BCUT2D eigenvalue weighted by molar-refractivity contribution is -0.122. The van der Waals surface area contributed by atoms with Crippen LogP contribution in [0, 0.1) is 5.41 Å². The first-order valence-electron chi connectivity index (χ1n) is 4.99. The van der Waals surface area contributed by atoms with E-state index in [2.05, 4.69) is 5.32 Å². The quantitative estimate of drug-likeness (QED) is 0.598. The Balaban J connectivity index is 4.19. The predicted octanol–water partition coefficient (Wildman–Crippen LogP) is 0.247. The maximum atomic E-state index is 11.1. The van der Waals surface area contributed by atoms with Crippen LogP contribution < -0.4 is 11.1 Å². The van der Waals surface area contributed by atoms with E-state index in [0.29, 0.717) is 13.0 Å². The summed E-state index contributed by atoms with van der Waals surface area (Å²) in [6, 6.07) is -0.399. The minimum atomic E-state index is -0.417. The molecular weight excluding hydrogens is 180 g/mol. The molecule has 0 rings (SSSR count). The average molecular weight is 202 g/mol. The van der Waals surface area contributed by atoms with Gasteiger partial charge >= 0.3 is 0 Å². The van der Waals surface area contributed by atoms with Gasteiger partial charge in [-0.3, -0.25) is 4.79 Å². The smallest absolute Gasteiger partial charge is 0.235 e. The molecule has 4 heteroatoms. The number of primary amides is 1. The Labute approximate surface area is 85.9 Å². The zero-order chi connectivity index (χ0) is 11.4. The lowest BCUT2D eigenvalue weighted by Crippen LogP contribution is -2.51. The molecule has 0 unspecified atom stereocenters. The summed E-state index contributed by atoms with van der Waals surface area (Å²) in [5.41, 5.74) is 5.04. The van der Waals surface area contributed by atoms with Crippen LogP contribution in [0.15, 0.2) is 0 Å². The molecule has 0 aromatic rings. The van der Waals surface area contributed by atoms with Crippen molar-refractivity contribution in [2.24, 2.45) is 11.1 Å². The van der Waals surface area contributed by atoms with Gasteiger partial charge in [0.15, 0.2) is 0 Å². The Bertz CT molecular complexity index is 187. The minimum absolute atomic E-state index is 0.223. The SMILES string of the molecule is CC[C@@H](O)CN[C@H](C(N)=O)C(C)(C)C. The molecule has 0 fully saturated rings. The summed E-state index contributed by atoms with van der Waals surface area (Å²) in [6.45, 7) is 8.11. The van der Waals surface area contributed by atoms with Crippen LogP contribution in [0.2, 0.25) is 0 Å². The highest BCUT2D eigenvalue weighted by molar-refractivity contribution is 5.80. The summed E-state index contributed by atoms with van der Waals surface area (Å²) in [6.07, 6.45) is 0.252. The predicted molar refractivity (Wildman–Crippen MR) is 56.7 cm³/mol. The summed E-state index contributed by atoms with van der Waals surface area (Å²) < 4.78 is 0. The first kappa shape index (κ1) is 13.4. The van der Waals surface area contributed by atoms with Gasteiger partial charge < -0.3 is 16.2 Å². The fourth-order valence-electron chi connectivity index (χ4n) is 1.23. The maximum Gasteiger partial charge on any atom is 0.235 e. The second kappa shape index (κ2) is 5.32. The van der Waals surface area contributed by atoms with Crippen molar-refractivity contribution in [3.05, 3.63) is 0 Å². The molecule has 1 amide bonds.